The highest BCUT2D eigenvalue weighted by Crippen LogP contribution is 2.57. The highest BCUT2D eigenvalue weighted by molar-refractivity contribution is 5.84. The molecule has 2 aromatic rings. The second-order valence-electron chi connectivity index (χ2n) is 11.0. The summed E-state index contributed by atoms with van der Waals surface area (Å²) in [4.78, 5) is 22.8. The normalized spacial score (nSPS) is 35.0. The first-order chi connectivity index (χ1) is 14.7. The number of rotatable bonds is 5. The van der Waals surface area contributed by atoms with E-state index in [0.29, 0.717) is 30.3 Å². The van der Waals surface area contributed by atoms with Crippen molar-refractivity contribution in [3.63, 3.8) is 0 Å². The maximum Gasteiger partial charge on any atom is 0.223 e. The van der Waals surface area contributed by atoms with E-state index in [9.17, 15) is 9.90 Å². The van der Waals surface area contributed by atoms with Gasteiger partial charge < -0.3 is 19.7 Å². The van der Waals surface area contributed by atoms with Gasteiger partial charge in [-0.25, -0.2) is 9.37 Å². The molecular weight excluding hydrogens is 397 g/mol. The first-order valence-corrected chi connectivity index (χ1v) is 11.6. The van der Waals surface area contributed by atoms with Gasteiger partial charge in [0, 0.05) is 24.7 Å². The molecule has 2 aliphatic heterocycles. The summed E-state index contributed by atoms with van der Waals surface area (Å²) in [5.41, 5.74) is 0.796. The summed E-state index contributed by atoms with van der Waals surface area (Å²) in [6, 6.07) is 0.242. The number of aromatic amines is 1. The standard InChI is InChI=1S/C24H30FN3O3/c1-13(17-10-26-22-20(17)21(25)18(11-27-22)31-16-3-4-16)5-19(29)28-14-6-23(2)7-15(28)9-24(30,8-14)12-23/h10-11,13-16,30H,3-9,12H2,1-2H3,(H,26,27). The number of carbonyl (C=O) groups is 1. The smallest absolute Gasteiger partial charge is 0.223 e. The van der Waals surface area contributed by atoms with Crippen molar-refractivity contribution in [3.05, 3.63) is 23.8 Å². The molecule has 0 radical (unpaired) electrons. The molecule has 3 unspecified atom stereocenters. The summed E-state index contributed by atoms with van der Waals surface area (Å²) in [6.45, 7) is 4.23. The Morgan fingerprint density at radius 2 is 2.06 bits per heavy atom. The van der Waals surface area contributed by atoms with E-state index in [2.05, 4.69) is 21.8 Å². The molecular formula is C24H30FN3O3. The first-order valence-electron chi connectivity index (χ1n) is 11.6. The maximum absolute atomic E-state index is 15.2. The van der Waals surface area contributed by atoms with Crippen molar-refractivity contribution in [3.8, 4) is 5.75 Å². The van der Waals surface area contributed by atoms with E-state index in [1.165, 1.54) is 6.20 Å². The number of aliphatic hydroxyl groups is 1. The molecule has 2 aromatic heterocycles. The molecule has 5 aliphatic rings. The van der Waals surface area contributed by atoms with Crippen LogP contribution in [0, 0.1) is 11.2 Å². The average Bonchev–Trinajstić information content (AvgIpc) is 3.36. The van der Waals surface area contributed by atoms with E-state index in [0.717, 1.165) is 37.7 Å². The predicted molar refractivity (Wildman–Crippen MR) is 113 cm³/mol. The van der Waals surface area contributed by atoms with Gasteiger partial charge in [-0.05, 0) is 61.8 Å². The lowest BCUT2D eigenvalue weighted by atomic mass is 9.54. The van der Waals surface area contributed by atoms with Crippen LogP contribution in [0.3, 0.4) is 0 Å². The molecule has 4 bridgehead atoms. The number of nitrogens with one attached hydrogen (secondary N) is 1. The Morgan fingerprint density at radius 1 is 1.35 bits per heavy atom. The number of fused-ring (bicyclic) bond motifs is 1. The van der Waals surface area contributed by atoms with Crippen LogP contribution in [0.25, 0.3) is 11.0 Å². The fraction of sp³-hybridized carbons (Fsp3) is 0.667. The molecule has 7 heteroatoms. The van der Waals surface area contributed by atoms with Gasteiger partial charge in [0.1, 0.15) is 5.65 Å². The average molecular weight is 428 g/mol. The Morgan fingerprint density at radius 3 is 2.71 bits per heavy atom. The number of hydrogen-bond acceptors (Lipinski definition) is 4. The Bertz CT molecular complexity index is 1030. The number of pyridine rings is 1. The predicted octanol–water partition coefficient (Wildman–Crippen LogP) is 4.03. The minimum absolute atomic E-state index is 0.0940. The highest BCUT2D eigenvalue weighted by Gasteiger charge is 2.59. The zero-order chi connectivity index (χ0) is 21.5. The number of aromatic nitrogens is 2. The van der Waals surface area contributed by atoms with Gasteiger partial charge in [-0.1, -0.05) is 13.8 Å². The van der Waals surface area contributed by atoms with Crippen LogP contribution in [0.1, 0.15) is 76.7 Å². The molecule has 0 aromatic carbocycles. The summed E-state index contributed by atoms with van der Waals surface area (Å²) in [7, 11) is 0. The maximum atomic E-state index is 15.2. The number of H-pyrrole nitrogens is 1. The Hall–Kier alpha value is -2.15. The highest BCUT2D eigenvalue weighted by atomic mass is 19.1. The summed E-state index contributed by atoms with van der Waals surface area (Å²) < 4.78 is 20.9. The van der Waals surface area contributed by atoms with Gasteiger partial charge in [-0.3, -0.25) is 4.79 Å². The van der Waals surface area contributed by atoms with Gasteiger partial charge >= 0.3 is 0 Å². The first kappa shape index (κ1) is 19.5. The summed E-state index contributed by atoms with van der Waals surface area (Å²) >= 11 is 0. The largest absolute Gasteiger partial charge is 0.486 e. The van der Waals surface area contributed by atoms with E-state index < -0.39 is 11.4 Å². The number of carbonyl (C=O) groups excluding carboxylic acids is 1. The van der Waals surface area contributed by atoms with Gasteiger partial charge in [0.05, 0.1) is 23.3 Å². The number of ether oxygens (including phenoxy) is 1. The fourth-order valence-corrected chi connectivity index (χ4v) is 6.88. The fourth-order valence-electron chi connectivity index (χ4n) is 6.88. The molecule has 1 amide bonds. The molecule has 6 nitrogen and oxygen atoms in total. The summed E-state index contributed by atoms with van der Waals surface area (Å²) in [5.74, 6) is -0.232. The van der Waals surface area contributed by atoms with Crippen LogP contribution >= 0.6 is 0 Å². The van der Waals surface area contributed by atoms with Gasteiger partial charge in [0.25, 0.3) is 0 Å². The molecule has 3 atom stereocenters. The molecule has 0 spiro atoms. The van der Waals surface area contributed by atoms with Crippen molar-refractivity contribution < 1.29 is 19.0 Å². The molecule has 7 rings (SSSR count). The van der Waals surface area contributed by atoms with Crippen molar-refractivity contribution in [2.45, 2.75) is 94.9 Å². The third-order valence-electron chi connectivity index (χ3n) is 7.98. The second-order valence-corrected chi connectivity index (χ2v) is 11.0. The molecule has 2 N–H and O–H groups in total. The Labute approximate surface area is 181 Å². The third kappa shape index (κ3) is 3.15. The molecule has 166 valence electrons. The molecule has 3 aliphatic carbocycles. The Kier molecular flexibility index (Phi) is 4.05. The van der Waals surface area contributed by atoms with Crippen LogP contribution < -0.4 is 4.74 Å². The van der Waals surface area contributed by atoms with Crippen LogP contribution in [-0.4, -0.2) is 49.7 Å². The van der Waals surface area contributed by atoms with Crippen LogP contribution in [0.15, 0.2) is 12.4 Å². The zero-order valence-corrected chi connectivity index (χ0v) is 18.2. The lowest BCUT2D eigenvalue weighted by Gasteiger charge is -2.63. The quantitative estimate of drug-likeness (QED) is 0.755. The van der Waals surface area contributed by atoms with Crippen molar-refractivity contribution in [2.24, 2.45) is 5.41 Å². The molecule has 3 saturated carbocycles. The minimum atomic E-state index is -0.605. The van der Waals surface area contributed by atoms with Gasteiger partial charge in [-0.15, -0.1) is 0 Å². The van der Waals surface area contributed by atoms with Gasteiger partial charge in [-0.2, -0.15) is 0 Å². The van der Waals surface area contributed by atoms with Crippen LogP contribution in [-0.2, 0) is 4.79 Å². The Balaban J connectivity index is 1.24. The van der Waals surface area contributed by atoms with Crippen molar-refractivity contribution >= 4 is 16.9 Å². The van der Waals surface area contributed by atoms with E-state index in [4.69, 9.17) is 4.74 Å². The number of piperidine rings is 2. The third-order valence-corrected chi connectivity index (χ3v) is 7.98. The van der Waals surface area contributed by atoms with E-state index in [1.807, 2.05) is 6.92 Å². The van der Waals surface area contributed by atoms with Gasteiger partial charge in [0.15, 0.2) is 11.6 Å². The topological polar surface area (TPSA) is 78.5 Å². The van der Waals surface area contributed by atoms with Crippen molar-refractivity contribution in [1.29, 1.82) is 0 Å². The number of amides is 1. The molecule has 31 heavy (non-hydrogen) atoms. The number of halogens is 1. The summed E-state index contributed by atoms with van der Waals surface area (Å²) in [6.07, 6.45) is 9.71. The van der Waals surface area contributed by atoms with Crippen LogP contribution in [0.5, 0.6) is 5.75 Å². The number of hydrogen-bond donors (Lipinski definition) is 2. The van der Waals surface area contributed by atoms with E-state index >= 15 is 4.39 Å². The minimum Gasteiger partial charge on any atom is -0.486 e. The number of nitrogens with zero attached hydrogens (tertiary/aromatic N) is 2. The SMILES string of the molecule is CC(CC(=O)N1C2CC3(C)CC1CC(O)(C2)C3)c1c[nH]c2ncc(OC3CC3)c(F)c12. The molecule has 2 saturated heterocycles. The monoisotopic (exact) mass is 427 g/mol. The molecule has 4 heterocycles. The van der Waals surface area contributed by atoms with Crippen molar-refractivity contribution in [2.75, 3.05) is 0 Å². The zero-order valence-electron chi connectivity index (χ0n) is 18.2. The second kappa shape index (κ2) is 6.44. The van der Waals surface area contributed by atoms with Gasteiger partial charge in [0.2, 0.25) is 5.91 Å². The van der Waals surface area contributed by atoms with E-state index in [-0.39, 0.29) is 41.2 Å². The van der Waals surface area contributed by atoms with Crippen LogP contribution in [0.2, 0.25) is 0 Å². The lowest BCUT2D eigenvalue weighted by molar-refractivity contribution is -0.193. The lowest BCUT2D eigenvalue weighted by Crippen LogP contribution is -2.68. The van der Waals surface area contributed by atoms with Crippen LogP contribution in [0.4, 0.5) is 4.39 Å². The molecule has 5 fully saturated rings. The van der Waals surface area contributed by atoms with E-state index in [1.54, 1.807) is 6.20 Å². The summed E-state index contributed by atoms with van der Waals surface area (Å²) in [5, 5.41) is 11.4. The van der Waals surface area contributed by atoms with Crippen molar-refractivity contribution in [1.82, 2.24) is 14.9 Å².